The molecule has 1 N–H and O–H groups in total. The number of hydrogen-bond acceptors (Lipinski definition) is 4. The SMILES string of the molecule is C=CCN(CCOC)c1ncccc1CNC(C)C. The highest BCUT2D eigenvalue weighted by Gasteiger charge is 2.11. The maximum Gasteiger partial charge on any atom is 0.133 e. The number of hydrogen-bond donors (Lipinski definition) is 1. The Hall–Kier alpha value is -1.39. The first-order chi connectivity index (χ1) is 9.19. The van der Waals surface area contributed by atoms with E-state index in [1.165, 1.54) is 5.56 Å². The fourth-order valence-corrected chi connectivity index (χ4v) is 1.81. The molecule has 0 aliphatic heterocycles. The molecule has 0 aliphatic rings. The predicted molar refractivity (Wildman–Crippen MR) is 80.5 cm³/mol. The van der Waals surface area contributed by atoms with Gasteiger partial charge in [0.2, 0.25) is 0 Å². The van der Waals surface area contributed by atoms with E-state index in [1.54, 1.807) is 7.11 Å². The Bertz CT molecular complexity index is 379. The summed E-state index contributed by atoms with van der Waals surface area (Å²) in [6.07, 6.45) is 3.72. The highest BCUT2D eigenvalue weighted by Crippen LogP contribution is 2.17. The van der Waals surface area contributed by atoms with E-state index in [0.717, 1.165) is 25.5 Å². The fourth-order valence-electron chi connectivity index (χ4n) is 1.81. The van der Waals surface area contributed by atoms with E-state index in [2.05, 4.69) is 41.7 Å². The first-order valence-corrected chi connectivity index (χ1v) is 6.71. The van der Waals surface area contributed by atoms with Crippen LogP contribution in [-0.2, 0) is 11.3 Å². The van der Waals surface area contributed by atoms with E-state index >= 15 is 0 Å². The van der Waals surface area contributed by atoms with E-state index in [4.69, 9.17) is 4.74 Å². The van der Waals surface area contributed by atoms with Gasteiger partial charge in [-0.15, -0.1) is 6.58 Å². The Labute approximate surface area is 116 Å². The van der Waals surface area contributed by atoms with E-state index in [0.29, 0.717) is 12.6 Å². The van der Waals surface area contributed by atoms with Crippen LogP contribution in [0.5, 0.6) is 0 Å². The monoisotopic (exact) mass is 263 g/mol. The summed E-state index contributed by atoms with van der Waals surface area (Å²) in [4.78, 5) is 6.70. The lowest BCUT2D eigenvalue weighted by Gasteiger charge is -2.24. The topological polar surface area (TPSA) is 37.4 Å². The lowest BCUT2D eigenvalue weighted by molar-refractivity contribution is 0.205. The summed E-state index contributed by atoms with van der Waals surface area (Å²) < 4.78 is 5.16. The van der Waals surface area contributed by atoms with Crippen molar-refractivity contribution in [1.82, 2.24) is 10.3 Å². The minimum Gasteiger partial charge on any atom is -0.383 e. The number of nitrogens with one attached hydrogen (secondary N) is 1. The molecule has 0 spiro atoms. The summed E-state index contributed by atoms with van der Waals surface area (Å²) in [6.45, 7) is 11.2. The van der Waals surface area contributed by atoms with Gasteiger partial charge in [0.05, 0.1) is 6.61 Å². The zero-order valence-electron chi connectivity index (χ0n) is 12.2. The van der Waals surface area contributed by atoms with Crippen molar-refractivity contribution in [3.63, 3.8) is 0 Å². The van der Waals surface area contributed by atoms with Gasteiger partial charge < -0.3 is 15.0 Å². The Kier molecular flexibility index (Phi) is 7.15. The summed E-state index contributed by atoms with van der Waals surface area (Å²) in [5, 5.41) is 3.43. The van der Waals surface area contributed by atoms with Crippen molar-refractivity contribution in [2.24, 2.45) is 0 Å². The molecule has 1 aromatic heterocycles. The fraction of sp³-hybridized carbons (Fsp3) is 0.533. The molecular weight excluding hydrogens is 238 g/mol. The van der Waals surface area contributed by atoms with Crippen LogP contribution in [0.2, 0.25) is 0 Å². The number of methoxy groups -OCH3 is 1. The van der Waals surface area contributed by atoms with Crippen LogP contribution in [0.4, 0.5) is 5.82 Å². The van der Waals surface area contributed by atoms with E-state index < -0.39 is 0 Å². The Morgan fingerprint density at radius 2 is 2.32 bits per heavy atom. The van der Waals surface area contributed by atoms with Gasteiger partial charge >= 0.3 is 0 Å². The summed E-state index contributed by atoms with van der Waals surface area (Å²) in [7, 11) is 1.71. The third-order valence-corrected chi connectivity index (χ3v) is 2.78. The number of nitrogens with zero attached hydrogens (tertiary/aromatic N) is 2. The molecule has 1 aromatic rings. The Morgan fingerprint density at radius 3 is 2.95 bits per heavy atom. The molecule has 4 nitrogen and oxygen atoms in total. The van der Waals surface area contributed by atoms with Gasteiger partial charge in [0.15, 0.2) is 0 Å². The minimum atomic E-state index is 0.458. The van der Waals surface area contributed by atoms with Gasteiger partial charge in [-0.1, -0.05) is 26.0 Å². The molecule has 0 unspecified atom stereocenters. The standard InChI is InChI=1S/C15H25N3O/c1-5-9-18(10-11-19-4)15-14(7-6-8-16-15)12-17-13(2)3/h5-8,13,17H,1,9-12H2,2-4H3. The lowest BCUT2D eigenvalue weighted by Crippen LogP contribution is -2.30. The second kappa shape index (κ2) is 8.67. The first kappa shape index (κ1) is 15.7. The molecule has 1 rings (SSSR count). The van der Waals surface area contributed by atoms with Gasteiger partial charge in [0.25, 0.3) is 0 Å². The molecule has 19 heavy (non-hydrogen) atoms. The quantitative estimate of drug-likeness (QED) is 0.693. The van der Waals surface area contributed by atoms with Crippen molar-refractivity contribution in [1.29, 1.82) is 0 Å². The van der Waals surface area contributed by atoms with Crippen LogP contribution in [0.25, 0.3) is 0 Å². The maximum atomic E-state index is 5.16. The number of rotatable bonds is 9. The van der Waals surface area contributed by atoms with Crippen molar-refractivity contribution < 1.29 is 4.74 Å². The molecule has 0 atom stereocenters. The van der Waals surface area contributed by atoms with Crippen LogP contribution in [0.1, 0.15) is 19.4 Å². The molecule has 0 aromatic carbocycles. The molecule has 0 fully saturated rings. The zero-order valence-corrected chi connectivity index (χ0v) is 12.2. The third-order valence-electron chi connectivity index (χ3n) is 2.78. The summed E-state index contributed by atoms with van der Waals surface area (Å²) >= 11 is 0. The van der Waals surface area contributed by atoms with Gasteiger partial charge in [-0.2, -0.15) is 0 Å². The van der Waals surface area contributed by atoms with Crippen molar-refractivity contribution >= 4 is 5.82 Å². The summed E-state index contributed by atoms with van der Waals surface area (Å²) in [6, 6.07) is 4.55. The van der Waals surface area contributed by atoms with Crippen LogP contribution in [0, 0.1) is 0 Å². The number of ether oxygens (including phenoxy) is 1. The first-order valence-electron chi connectivity index (χ1n) is 6.71. The molecule has 0 saturated carbocycles. The van der Waals surface area contributed by atoms with E-state index in [1.807, 2.05) is 18.3 Å². The summed E-state index contributed by atoms with van der Waals surface area (Å²) in [5.74, 6) is 1.01. The minimum absolute atomic E-state index is 0.458. The molecule has 1 heterocycles. The third kappa shape index (κ3) is 5.41. The van der Waals surface area contributed by atoms with Crippen molar-refractivity contribution in [2.75, 3.05) is 31.7 Å². The van der Waals surface area contributed by atoms with Crippen molar-refractivity contribution in [3.05, 3.63) is 36.5 Å². The van der Waals surface area contributed by atoms with Crippen molar-refractivity contribution in [2.45, 2.75) is 26.4 Å². The van der Waals surface area contributed by atoms with E-state index in [9.17, 15) is 0 Å². The van der Waals surface area contributed by atoms with Gasteiger partial charge in [-0.05, 0) is 6.07 Å². The largest absolute Gasteiger partial charge is 0.383 e. The Morgan fingerprint density at radius 1 is 1.53 bits per heavy atom. The number of pyridine rings is 1. The van der Waals surface area contributed by atoms with Crippen LogP contribution in [-0.4, -0.2) is 37.8 Å². The second-order valence-electron chi connectivity index (χ2n) is 4.75. The molecule has 106 valence electrons. The average Bonchev–Trinajstić information content (AvgIpc) is 2.41. The van der Waals surface area contributed by atoms with Gasteiger partial charge in [-0.3, -0.25) is 0 Å². The molecule has 0 amide bonds. The maximum absolute atomic E-state index is 5.16. The van der Waals surface area contributed by atoms with Gasteiger partial charge in [0, 0.05) is 44.5 Å². The lowest BCUT2D eigenvalue weighted by atomic mass is 10.2. The van der Waals surface area contributed by atoms with Crippen LogP contribution < -0.4 is 10.2 Å². The van der Waals surface area contributed by atoms with Crippen LogP contribution >= 0.6 is 0 Å². The van der Waals surface area contributed by atoms with Gasteiger partial charge in [0.1, 0.15) is 5.82 Å². The average molecular weight is 263 g/mol. The smallest absolute Gasteiger partial charge is 0.133 e. The molecule has 4 heteroatoms. The Balaban J connectivity index is 2.84. The van der Waals surface area contributed by atoms with Gasteiger partial charge in [-0.25, -0.2) is 4.98 Å². The number of anilines is 1. The normalized spacial score (nSPS) is 10.7. The molecule has 0 bridgehead atoms. The highest BCUT2D eigenvalue weighted by atomic mass is 16.5. The molecular formula is C15H25N3O. The molecule has 0 aliphatic carbocycles. The van der Waals surface area contributed by atoms with Crippen LogP contribution in [0.15, 0.2) is 31.0 Å². The molecule has 0 radical (unpaired) electrons. The second-order valence-corrected chi connectivity index (χ2v) is 4.75. The predicted octanol–water partition coefficient (Wildman–Crippen LogP) is 2.22. The summed E-state index contributed by atoms with van der Waals surface area (Å²) in [5.41, 5.74) is 1.20. The van der Waals surface area contributed by atoms with E-state index in [-0.39, 0.29) is 0 Å². The number of aromatic nitrogens is 1. The zero-order chi connectivity index (χ0) is 14.1. The highest BCUT2D eigenvalue weighted by molar-refractivity contribution is 5.47. The molecule has 0 saturated heterocycles. The van der Waals surface area contributed by atoms with Crippen molar-refractivity contribution in [3.8, 4) is 0 Å². The van der Waals surface area contributed by atoms with Crippen LogP contribution in [0.3, 0.4) is 0 Å².